The number of nitriles is 1. The van der Waals surface area contributed by atoms with Gasteiger partial charge < -0.3 is 16.0 Å². The lowest BCUT2D eigenvalue weighted by Gasteiger charge is -2.46. The summed E-state index contributed by atoms with van der Waals surface area (Å²) in [5.74, 6) is 0. The first-order chi connectivity index (χ1) is 10.6. The van der Waals surface area contributed by atoms with Gasteiger partial charge in [0.05, 0.1) is 10.6 Å². The Kier molecular flexibility index (Phi) is 4.88. The van der Waals surface area contributed by atoms with Gasteiger partial charge in [-0.1, -0.05) is 11.6 Å². The second-order valence-corrected chi connectivity index (χ2v) is 7.81. The van der Waals surface area contributed by atoms with Crippen molar-refractivity contribution in [3.63, 3.8) is 0 Å². The molecule has 23 heavy (non-hydrogen) atoms. The van der Waals surface area contributed by atoms with Gasteiger partial charge in [-0.3, -0.25) is 0 Å². The maximum Gasteiger partial charge on any atom is 0.319 e. The van der Waals surface area contributed by atoms with Crippen molar-refractivity contribution < 1.29 is 4.79 Å². The highest BCUT2D eigenvalue weighted by Gasteiger charge is 2.38. The Bertz CT molecular complexity index is 632. The van der Waals surface area contributed by atoms with Crippen molar-refractivity contribution in [2.45, 2.75) is 57.7 Å². The molecule has 124 valence electrons. The first-order valence-corrected chi connectivity index (χ1v) is 8.04. The molecular formula is C17H23ClN4O. The van der Waals surface area contributed by atoms with E-state index in [0.717, 1.165) is 12.8 Å². The average molecular weight is 335 g/mol. The number of benzene rings is 1. The number of urea groups is 1. The summed E-state index contributed by atoms with van der Waals surface area (Å²) in [7, 11) is 0. The monoisotopic (exact) mass is 334 g/mol. The van der Waals surface area contributed by atoms with Gasteiger partial charge in [-0.25, -0.2) is 4.79 Å². The number of amides is 2. The number of hydrogen-bond donors (Lipinski definition) is 3. The summed E-state index contributed by atoms with van der Waals surface area (Å²) in [4.78, 5) is 12.2. The average Bonchev–Trinajstić information content (AvgIpc) is 2.34. The first kappa shape index (κ1) is 17.6. The molecule has 1 saturated heterocycles. The van der Waals surface area contributed by atoms with E-state index in [9.17, 15) is 4.79 Å². The molecule has 0 unspecified atom stereocenters. The minimum Gasteiger partial charge on any atom is -0.335 e. The van der Waals surface area contributed by atoms with E-state index in [1.165, 1.54) is 0 Å². The first-order valence-electron chi connectivity index (χ1n) is 7.67. The van der Waals surface area contributed by atoms with Crippen LogP contribution in [-0.2, 0) is 0 Å². The Labute approximate surface area is 142 Å². The summed E-state index contributed by atoms with van der Waals surface area (Å²) in [6, 6.07) is 6.66. The molecule has 6 heteroatoms. The summed E-state index contributed by atoms with van der Waals surface area (Å²) in [5.41, 5.74) is 0.896. The quantitative estimate of drug-likeness (QED) is 0.772. The van der Waals surface area contributed by atoms with E-state index in [0.29, 0.717) is 16.3 Å². The molecule has 1 aromatic carbocycles. The summed E-state index contributed by atoms with van der Waals surface area (Å²) < 4.78 is 0. The molecule has 1 aliphatic heterocycles. The van der Waals surface area contributed by atoms with Crippen LogP contribution < -0.4 is 16.0 Å². The smallest absolute Gasteiger partial charge is 0.319 e. The predicted octanol–water partition coefficient (Wildman–Crippen LogP) is 3.64. The fraction of sp³-hybridized carbons (Fsp3) is 0.529. The number of hydrogen-bond acceptors (Lipinski definition) is 3. The summed E-state index contributed by atoms with van der Waals surface area (Å²) in [6.45, 7) is 8.56. The van der Waals surface area contributed by atoms with E-state index in [2.05, 4.69) is 43.6 Å². The number of nitrogens with zero attached hydrogens (tertiary/aromatic N) is 1. The van der Waals surface area contributed by atoms with E-state index < -0.39 is 0 Å². The lowest BCUT2D eigenvalue weighted by molar-refractivity contribution is 0.149. The van der Waals surface area contributed by atoms with E-state index in [1.54, 1.807) is 18.2 Å². The Morgan fingerprint density at radius 3 is 2.43 bits per heavy atom. The van der Waals surface area contributed by atoms with Gasteiger partial charge in [0, 0.05) is 22.8 Å². The molecule has 3 N–H and O–H groups in total. The lowest BCUT2D eigenvalue weighted by atomic mass is 9.80. The minimum atomic E-state index is -0.260. The highest BCUT2D eigenvalue weighted by atomic mass is 35.5. The number of piperidine rings is 1. The Morgan fingerprint density at radius 1 is 1.30 bits per heavy atom. The maximum absolute atomic E-state index is 12.2. The number of nitrogens with one attached hydrogen (secondary N) is 3. The fourth-order valence-corrected chi connectivity index (χ4v) is 3.68. The van der Waals surface area contributed by atoms with Crippen LogP contribution in [0.25, 0.3) is 0 Å². The standard InChI is InChI=1S/C17H23ClN4O/c1-16(2)8-13(9-17(3,4)22-16)21-15(23)20-12-6-5-11(10-19)14(18)7-12/h5-7,13,22H,8-9H2,1-4H3,(H2,20,21,23). The van der Waals surface area contributed by atoms with E-state index in [4.69, 9.17) is 16.9 Å². The molecule has 0 radical (unpaired) electrons. The van der Waals surface area contributed by atoms with Crippen LogP contribution in [0.3, 0.4) is 0 Å². The summed E-state index contributed by atoms with van der Waals surface area (Å²) >= 11 is 5.98. The van der Waals surface area contributed by atoms with Crippen molar-refractivity contribution in [3.05, 3.63) is 28.8 Å². The van der Waals surface area contributed by atoms with Gasteiger partial charge >= 0.3 is 6.03 Å². The molecule has 0 bridgehead atoms. The van der Waals surface area contributed by atoms with Gasteiger partial charge in [-0.15, -0.1) is 0 Å². The van der Waals surface area contributed by atoms with E-state index in [1.807, 2.05) is 6.07 Å². The molecular weight excluding hydrogens is 312 g/mol. The van der Waals surface area contributed by atoms with Crippen LogP contribution in [0.1, 0.15) is 46.1 Å². The van der Waals surface area contributed by atoms with Crippen molar-refractivity contribution in [1.82, 2.24) is 10.6 Å². The zero-order chi connectivity index (χ0) is 17.3. The number of anilines is 1. The fourth-order valence-electron chi connectivity index (χ4n) is 3.46. The lowest BCUT2D eigenvalue weighted by Crippen LogP contribution is -2.62. The van der Waals surface area contributed by atoms with Crippen molar-refractivity contribution in [1.29, 1.82) is 5.26 Å². The molecule has 1 fully saturated rings. The summed E-state index contributed by atoms with van der Waals surface area (Å²) in [6.07, 6.45) is 1.72. The predicted molar refractivity (Wildman–Crippen MR) is 92.6 cm³/mol. The van der Waals surface area contributed by atoms with Gasteiger partial charge in [0.25, 0.3) is 0 Å². The van der Waals surface area contributed by atoms with Gasteiger partial charge in [0.1, 0.15) is 6.07 Å². The maximum atomic E-state index is 12.2. The van der Waals surface area contributed by atoms with E-state index in [-0.39, 0.29) is 23.2 Å². The molecule has 0 saturated carbocycles. The van der Waals surface area contributed by atoms with Crippen LogP contribution in [0.15, 0.2) is 18.2 Å². The van der Waals surface area contributed by atoms with E-state index >= 15 is 0 Å². The van der Waals surface area contributed by atoms with Crippen LogP contribution in [0.4, 0.5) is 10.5 Å². The highest BCUT2D eigenvalue weighted by Crippen LogP contribution is 2.28. The number of rotatable bonds is 2. The molecule has 1 aromatic rings. The molecule has 0 aromatic heterocycles. The van der Waals surface area contributed by atoms with Crippen LogP contribution in [0, 0.1) is 11.3 Å². The van der Waals surface area contributed by atoms with Crippen LogP contribution >= 0.6 is 11.6 Å². The Balaban J connectivity index is 1.99. The van der Waals surface area contributed by atoms with Crippen molar-refractivity contribution in [3.8, 4) is 6.07 Å². The molecule has 0 atom stereocenters. The van der Waals surface area contributed by atoms with Gasteiger partial charge in [0.15, 0.2) is 0 Å². The third-order valence-corrected chi connectivity index (χ3v) is 4.19. The molecule has 2 amide bonds. The van der Waals surface area contributed by atoms with Crippen LogP contribution in [0.5, 0.6) is 0 Å². The molecule has 1 heterocycles. The van der Waals surface area contributed by atoms with Crippen molar-refractivity contribution in [2.75, 3.05) is 5.32 Å². The molecule has 5 nitrogen and oxygen atoms in total. The van der Waals surface area contributed by atoms with Crippen molar-refractivity contribution >= 4 is 23.3 Å². The second-order valence-electron chi connectivity index (χ2n) is 7.40. The minimum absolute atomic E-state index is 0.0303. The Hall–Kier alpha value is -1.77. The van der Waals surface area contributed by atoms with Gasteiger partial charge in [-0.05, 0) is 58.7 Å². The molecule has 0 aliphatic carbocycles. The molecule has 2 rings (SSSR count). The SMILES string of the molecule is CC1(C)CC(NC(=O)Nc2ccc(C#N)c(Cl)c2)CC(C)(C)N1. The van der Waals surface area contributed by atoms with Crippen LogP contribution in [0.2, 0.25) is 5.02 Å². The van der Waals surface area contributed by atoms with Crippen molar-refractivity contribution in [2.24, 2.45) is 0 Å². The number of carbonyl (C=O) groups excluding carboxylic acids is 1. The second kappa shape index (κ2) is 6.38. The number of halogens is 1. The largest absolute Gasteiger partial charge is 0.335 e. The topological polar surface area (TPSA) is 77.0 Å². The zero-order valence-corrected chi connectivity index (χ0v) is 14.7. The zero-order valence-electron chi connectivity index (χ0n) is 14.0. The molecule has 1 aliphatic rings. The Morgan fingerprint density at radius 2 is 1.91 bits per heavy atom. The third-order valence-electron chi connectivity index (χ3n) is 3.87. The summed E-state index contributed by atoms with van der Waals surface area (Å²) in [5, 5.41) is 18.6. The third kappa shape index (κ3) is 4.85. The van der Waals surface area contributed by atoms with Crippen LogP contribution in [-0.4, -0.2) is 23.2 Å². The normalized spacial score (nSPS) is 19.7. The highest BCUT2D eigenvalue weighted by molar-refractivity contribution is 6.32. The van der Waals surface area contributed by atoms with Gasteiger partial charge in [0.2, 0.25) is 0 Å². The molecule has 0 spiro atoms. The van der Waals surface area contributed by atoms with Gasteiger partial charge in [-0.2, -0.15) is 5.26 Å². The number of carbonyl (C=O) groups is 1.